The summed E-state index contributed by atoms with van der Waals surface area (Å²) in [6, 6.07) is 0. The number of hydrogen-bond acceptors (Lipinski definition) is 6. The van der Waals surface area contributed by atoms with Crippen molar-refractivity contribution in [2.45, 2.75) is 33.2 Å². The van der Waals surface area contributed by atoms with Gasteiger partial charge < -0.3 is 5.32 Å². The molecule has 0 amide bonds. The van der Waals surface area contributed by atoms with Crippen molar-refractivity contribution in [2.75, 3.05) is 5.32 Å². The van der Waals surface area contributed by atoms with Gasteiger partial charge in [-0.15, -0.1) is 0 Å². The van der Waals surface area contributed by atoms with Gasteiger partial charge in [0.25, 0.3) is 0 Å². The lowest BCUT2D eigenvalue weighted by molar-refractivity contribution is -0.384. The van der Waals surface area contributed by atoms with E-state index in [9.17, 15) is 10.1 Å². The first-order valence-corrected chi connectivity index (χ1v) is 6.62. The van der Waals surface area contributed by atoms with Crippen molar-refractivity contribution < 1.29 is 4.92 Å². The minimum atomic E-state index is -0.397. The van der Waals surface area contributed by atoms with E-state index in [1.165, 1.54) is 4.68 Å². The van der Waals surface area contributed by atoms with Crippen LogP contribution in [0.1, 0.15) is 36.8 Å². The van der Waals surface area contributed by atoms with Crippen molar-refractivity contribution in [1.29, 1.82) is 0 Å². The lowest BCUT2D eigenvalue weighted by Gasteiger charge is -2.05. The molecule has 0 aliphatic carbocycles. The summed E-state index contributed by atoms with van der Waals surface area (Å²) in [5.74, 6) is 0.359. The molecule has 1 N–H and O–H groups in total. The van der Waals surface area contributed by atoms with Gasteiger partial charge in [0.1, 0.15) is 5.69 Å². The van der Waals surface area contributed by atoms with E-state index < -0.39 is 4.92 Å². The molecule has 0 fully saturated rings. The van der Waals surface area contributed by atoms with Crippen LogP contribution in [0.2, 0.25) is 0 Å². The maximum absolute atomic E-state index is 11.3. The summed E-state index contributed by atoms with van der Waals surface area (Å²) in [5.41, 5.74) is 2.03. The van der Waals surface area contributed by atoms with Crippen LogP contribution in [0.4, 0.5) is 11.5 Å². The van der Waals surface area contributed by atoms with Gasteiger partial charge in [-0.25, -0.2) is 4.68 Å². The van der Waals surface area contributed by atoms with Gasteiger partial charge >= 0.3 is 5.69 Å². The standard InChI is InChI=1S/C13H18N6O2/c1-8(2)11-12(19(20)21)13(18(4)17-11)16-7-10-6-14-9(3)5-15-10/h5-6,8,16H,7H2,1-4H3. The van der Waals surface area contributed by atoms with Crippen molar-refractivity contribution in [3.8, 4) is 0 Å². The summed E-state index contributed by atoms with van der Waals surface area (Å²) < 4.78 is 1.50. The minimum Gasteiger partial charge on any atom is -0.359 e. The number of nitro groups is 1. The summed E-state index contributed by atoms with van der Waals surface area (Å²) in [4.78, 5) is 19.3. The average Bonchev–Trinajstić information content (AvgIpc) is 2.75. The number of nitrogens with one attached hydrogen (secondary N) is 1. The molecule has 0 saturated heterocycles. The molecular weight excluding hydrogens is 272 g/mol. The van der Waals surface area contributed by atoms with Crippen LogP contribution in [0.15, 0.2) is 12.4 Å². The number of nitrogens with zero attached hydrogens (tertiary/aromatic N) is 5. The van der Waals surface area contributed by atoms with Gasteiger partial charge in [-0.05, 0) is 6.92 Å². The molecule has 0 bridgehead atoms. The van der Waals surface area contributed by atoms with Gasteiger partial charge in [-0.3, -0.25) is 20.1 Å². The predicted molar refractivity (Wildman–Crippen MR) is 78.0 cm³/mol. The number of aromatic nitrogens is 4. The lowest BCUT2D eigenvalue weighted by Crippen LogP contribution is -2.08. The van der Waals surface area contributed by atoms with Crippen LogP contribution < -0.4 is 5.32 Å². The zero-order valence-corrected chi connectivity index (χ0v) is 12.5. The van der Waals surface area contributed by atoms with Gasteiger partial charge in [-0.1, -0.05) is 13.8 Å². The molecule has 8 nitrogen and oxygen atoms in total. The molecule has 112 valence electrons. The fourth-order valence-electron chi connectivity index (χ4n) is 1.99. The highest BCUT2D eigenvalue weighted by atomic mass is 16.6. The molecule has 0 aromatic carbocycles. The highest BCUT2D eigenvalue weighted by Gasteiger charge is 2.28. The second-order valence-corrected chi connectivity index (χ2v) is 5.12. The third kappa shape index (κ3) is 3.15. The summed E-state index contributed by atoms with van der Waals surface area (Å²) in [6.07, 6.45) is 3.31. The first-order chi connectivity index (χ1) is 9.90. The number of rotatable bonds is 5. The molecule has 0 aliphatic rings. The Morgan fingerprint density at radius 1 is 1.38 bits per heavy atom. The predicted octanol–water partition coefficient (Wildman–Crippen LogP) is 2.16. The Bertz CT molecular complexity index is 647. The highest BCUT2D eigenvalue weighted by molar-refractivity contribution is 5.60. The molecule has 0 atom stereocenters. The van der Waals surface area contributed by atoms with Crippen LogP contribution in [0, 0.1) is 17.0 Å². The summed E-state index contributed by atoms with van der Waals surface area (Å²) in [7, 11) is 1.68. The maximum atomic E-state index is 11.3. The van der Waals surface area contributed by atoms with Gasteiger partial charge in [0.15, 0.2) is 0 Å². The normalized spacial score (nSPS) is 10.9. The average molecular weight is 290 g/mol. The molecule has 0 spiro atoms. The van der Waals surface area contributed by atoms with E-state index in [4.69, 9.17) is 0 Å². The Morgan fingerprint density at radius 3 is 2.62 bits per heavy atom. The molecule has 0 unspecified atom stereocenters. The second kappa shape index (κ2) is 5.86. The van der Waals surface area contributed by atoms with E-state index in [1.54, 1.807) is 19.4 Å². The zero-order chi connectivity index (χ0) is 15.6. The molecule has 2 heterocycles. The van der Waals surface area contributed by atoms with Crippen molar-refractivity contribution >= 4 is 11.5 Å². The van der Waals surface area contributed by atoms with Crippen LogP contribution in [0.25, 0.3) is 0 Å². The molecule has 0 saturated carbocycles. The highest BCUT2D eigenvalue weighted by Crippen LogP contribution is 2.32. The van der Waals surface area contributed by atoms with Crippen LogP contribution in [0.5, 0.6) is 0 Å². The van der Waals surface area contributed by atoms with Crippen LogP contribution >= 0.6 is 0 Å². The smallest absolute Gasteiger partial charge is 0.334 e. The monoisotopic (exact) mass is 290 g/mol. The SMILES string of the molecule is Cc1cnc(CNc2c([N+](=O)[O-])c(C(C)C)nn2C)cn1. The van der Waals surface area contributed by atoms with E-state index >= 15 is 0 Å². The summed E-state index contributed by atoms with van der Waals surface area (Å²) in [6.45, 7) is 5.96. The quantitative estimate of drug-likeness (QED) is 0.669. The Kier molecular flexibility index (Phi) is 4.15. The van der Waals surface area contributed by atoms with Gasteiger partial charge in [0.05, 0.1) is 29.1 Å². The first kappa shape index (κ1) is 14.9. The summed E-state index contributed by atoms with van der Waals surface area (Å²) >= 11 is 0. The number of anilines is 1. The Balaban J connectivity index is 2.27. The molecule has 2 aromatic heterocycles. The van der Waals surface area contributed by atoms with E-state index in [2.05, 4.69) is 20.4 Å². The van der Waals surface area contributed by atoms with Crippen molar-refractivity contribution in [3.63, 3.8) is 0 Å². The van der Waals surface area contributed by atoms with Crippen LogP contribution in [-0.2, 0) is 13.6 Å². The molecule has 8 heteroatoms. The Labute approximate surface area is 122 Å². The zero-order valence-electron chi connectivity index (χ0n) is 12.5. The largest absolute Gasteiger partial charge is 0.359 e. The second-order valence-electron chi connectivity index (χ2n) is 5.12. The molecule has 0 aliphatic heterocycles. The number of hydrogen-bond donors (Lipinski definition) is 1. The lowest BCUT2D eigenvalue weighted by atomic mass is 10.1. The minimum absolute atomic E-state index is 0.0209. The van der Waals surface area contributed by atoms with Crippen LogP contribution in [0.3, 0.4) is 0 Å². The van der Waals surface area contributed by atoms with Gasteiger partial charge in [-0.2, -0.15) is 5.10 Å². The molecule has 2 aromatic rings. The van der Waals surface area contributed by atoms with E-state index in [1.807, 2.05) is 20.8 Å². The van der Waals surface area contributed by atoms with Crippen molar-refractivity contribution in [2.24, 2.45) is 7.05 Å². The fraction of sp³-hybridized carbons (Fsp3) is 0.462. The van der Waals surface area contributed by atoms with Gasteiger partial charge in [0.2, 0.25) is 5.82 Å². The Hall–Kier alpha value is -2.51. The molecule has 0 radical (unpaired) electrons. The van der Waals surface area contributed by atoms with Crippen LogP contribution in [-0.4, -0.2) is 24.7 Å². The number of aryl methyl sites for hydroxylation is 2. The molecule has 2 rings (SSSR count). The topological polar surface area (TPSA) is 98.8 Å². The van der Waals surface area contributed by atoms with Crippen molar-refractivity contribution in [3.05, 3.63) is 39.6 Å². The van der Waals surface area contributed by atoms with E-state index in [0.717, 1.165) is 5.69 Å². The first-order valence-electron chi connectivity index (χ1n) is 6.62. The summed E-state index contributed by atoms with van der Waals surface area (Å²) in [5, 5.41) is 18.6. The fourth-order valence-corrected chi connectivity index (χ4v) is 1.99. The molecule has 21 heavy (non-hydrogen) atoms. The van der Waals surface area contributed by atoms with Gasteiger partial charge in [0, 0.05) is 19.2 Å². The van der Waals surface area contributed by atoms with E-state index in [-0.39, 0.29) is 11.6 Å². The Morgan fingerprint density at radius 2 is 2.10 bits per heavy atom. The van der Waals surface area contributed by atoms with Crippen molar-refractivity contribution in [1.82, 2.24) is 19.7 Å². The van der Waals surface area contributed by atoms with E-state index in [0.29, 0.717) is 23.8 Å². The maximum Gasteiger partial charge on any atom is 0.334 e. The third-order valence-corrected chi connectivity index (χ3v) is 3.05. The molecular formula is C13H18N6O2. The third-order valence-electron chi connectivity index (χ3n) is 3.05.